The van der Waals surface area contributed by atoms with Crippen molar-refractivity contribution in [2.24, 2.45) is 5.73 Å². The number of epoxide rings is 1. The Balaban J connectivity index is 1.80. The molecule has 12 heavy (non-hydrogen) atoms. The second-order valence-corrected chi connectivity index (χ2v) is 3.16. The maximum Gasteiger partial charge on any atom is 0.132 e. The minimum atomic E-state index is 0.00807. The summed E-state index contributed by atoms with van der Waals surface area (Å²) in [4.78, 5) is 0. The quantitative estimate of drug-likeness (QED) is 0.682. The standard InChI is InChI=1S/C10H13NO/c11-10-9(12-10)7-6-8-4-2-1-3-5-8/h1-5,9-10H,6-7,11H2/t9-,10?/m1/s1. The van der Waals surface area contributed by atoms with Crippen LogP contribution in [0.3, 0.4) is 0 Å². The van der Waals surface area contributed by atoms with E-state index in [9.17, 15) is 0 Å². The highest BCUT2D eigenvalue weighted by molar-refractivity contribution is 5.14. The molecule has 1 aliphatic heterocycles. The van der Waals surface area contributed by atoms with Crippen molar-refractivity contribution in [3.05, 3.63) is 35.9 Å². The number of aryl methyl sites for hydroxylation is 1. The van der Waals surface area contributed by atoms with Crippen LogP contribution in [0.15, 0.2) is 30.3 Å². The molecule has 2 atom stereocenters. The fourth-order valence-corrected chi connectivity index (χ4v) is 1.34. The molecule has 2 heteroatoms. The summed E-state index contributed by atoms with van der Waals surface area (Å²) in [5, 5.41) is 0. The van der Waals surface area contributed by atoms with Gasteiger partial charge in [-0.3, -0.25) is 0 Å². The van der Waals surface area contributed by atoms with Gasteiger partial charge in [0.05, 0.1) is 6.10 Å². The Bertz CT molecular complexity index is 247. The van der Waals surface area contributed by atoms with E-state index >= 15 is 0 Å². The third-order valence-electron chi connectivity index (χ3n) is 2.18. The molecule has 2 rings (SSSR count). The van der Waals surface area contributed by atoms with Gasteiger partial charge < -0.3 is 10.5 Å². The molecule has 0 spiro atoms. The van der Waals surface area contributed by atoms with Gasteiger partial charge in [0.1, 0.15) is 6.23 Å². The molecule has 2 N–H and O–H groups in total. The molecule has 0 saturated carbocycles. The lowest BCUT2D eigenvalue weighted by atomic mass is 10.1. The van der Waals surface area contributed by atoms with Crippen molar-refractivity contribution < 1.29 is 4.74 Å². The van der Waals surface area contributed by atoms with E-state index in [2.05, 4.69) is 24.3 Å². The summed E-state index contributed by atoms with van der Waals surface area (Å²) in [6, 6.07) is 10.4. The smallest absolute Gasteiger partial charge is 0.132 e. The molecule has 1 saturated heterocycles. The molecule has 1 fully saturated rings. The van der Waals surface area contributed by atoms with Crippen LogP contribution in [-0.4, -0.2) is 12.3 Å². The van der Waals surface area contributed by atoms with Crippen molar-refractivity contribution in [2.75, 3.05) is 0 Å². The van der Waals surface area contributed by atoms with E-state index in [1.54, 1.807) is 0 Å². The van der Waals surface area contributed by atoms with Gasteiger partial charge in [-0.05, 0) is 18.4 Å². The van der Waals surface area contributed by atoms with E-state index in [1.807, 2.05) is 6.07 Å². The van der Waals surface area contributed by atoms with Gasteiger partial charge >= 0.3 is 0 Å². The lowest BCUT2D eigenvalue weighted by Gasteiger charge is -1.96. The molecular formula is C10H13NO. The van der Waals surface area contributed by atoms with Crippen LogP contribution in [0.2, 0.25) is 0 Å². The van der Waals surface area contributed by atoms with Gasteiger partial charge in [0.25, 0.3) is 0 Å². The summed E-state index contributed by atoms with van der Waals surface area (Å²) < 4.78 is 5.12. The van der Waals surface area contributed by atoms with Gasteiger partial charge in [0.15, 0.2) is 0 Å². The van der Waals surface area contributed by atoms with Crippen LogP contribution in [0.4, 0.5) is 0 Å². The Hall–Kier alpha value is -0.860. The summed E-state index contributed by atoms with van der Waals surface area (Å²) in [5.74, 6) is 0. The molecule has 64 valence electrons. The monoisotopic (exact) mass is 163 g/mol. The zero-order valence-corrected chi connectivity index (χ0v) is 6.94. The number of benzene rings is 1. The maximum atomic E-state index is 5.51. The molecule has 1 heterocycles. The predicted molar refractivity (Wildman–Crippen MR) is 47.6 cm³/mol. The van der Waals surface area contributed by atoms with Crippen LogP contribution in [0, 0.1) is 0 Å². The fourth-order valence-electron chi connectivity index (χ4n) is 1.34. The van der Waals surface area contributed by atoms with Crippen LogP contribution in [0.1, 0.15) is 12.0 Å². The van der Waals surface area contributed by atoms with E-state index in [0.29, 0.717) is 6.10 Å². The number of ether oxygens (including phenoxy) is 1. The molecule has 1 unspecified atom stereocenters. The Labute approximate surface area is 72.3 Å². The molecule has 0 bridgehead atoms. The largest absolute Gasteiger partial charge is 0.353 e. The van der Waals surface area contributed by atoms with Gasteiger partial charge in [0, 0.05) is 0 Å². The Morgan fingerprint density at radius 2 is 1.92 bits per heavy atom. The Morgan fingerprint density at radius 1 is 1.25 bits per heavy atom. The van der Waals surface area contributed by atoms with Crippen LogP contribution in [0.25, 0.3) is 0 Å². The van der Waals surface area contributed by atoms with Gasteiger partial charge in [-0.25, -0.2) is 0 Å². The van der Waals surface area contributed by atoms with Crippen molar-refractivity contribution >= 4 is 0 Å². The summed E-state index contributed by atoms with van der Waals surface area (Å²) >= 11 is 0. The first-order valence-electron chi connectivity index (χ1n) is 4.31. The molecule has 0 amide bonds. The SMILES string of the molecule is NC1O[C@@H]1CCc1ccccc1. The minimum Gasteiger partial charge on any atom is -0.353 e. The van der Waals surface area contributed by atoms with E-state index in [4.69, 9.17) is 10.5 Å². The van der Waals surface area contributed by atoms with Crippen molar-refractivity contribution in [1.82, 2.24) is 0 Å². The second kappa shape index (κ2) is 3.25. The fraction of sp³-hybridized carbons (Fsp3) is 0.400. The lowest BCUT2D eigenvalue weighted by Crippen LogP contribution is -2.05. The zero-order valence-electron chi connectivity index (χ0n) is 6.94. The van der Waals surface area contributed by atoms with E-state index < -0.39 is 0 Å². The van der Waals surface area contributed by atoms with Crippen molar-refractivity contribution in [3.63, 3.8) is 0 Å². The molecule has 2 nitrogen and oxygen atoms in total. The van der Waals surface area contributed by atoms with Crippen molar-refractivity contribution in [1.29, 1.82) is 0 Å². The number of rotatable bonds is 3. The van der Waals surface area contributed by atoms with E-state index in [-0.39, 0.29) is 6.23 Å². The first-order valence-corrected chi connectivity index (χ1v) is 4.31. The second-order valence-electron chi connectivity index (χ2n) is 3.16. The van der Waals surface area contributed by atoms with Crippen molar-refractivity contribution in [2.45, 2.75) is 25.2 Å². The first kappa shape index (κ1) is 7.77. The lowest BCUT2D eigenvalue weighted by molar-refractivity contribution is 0.366. The summed E-state index contributed by atoms with van der Waals surface area (Å²) in [7, 11) is 0. The molecule has 1 aliphatic rings. The summed E-state index contributed by atoms with van der Waals surface area (Å²) in [6.45, 7) is 0. The van der Waals surface area contributed by atoms with Gasteiger partial charge in [0.2, 0.25) is 0 Å². The normalized spacial score (nSPS) is 27.1. The van der Waals surface area contributed by atoms with Crippen LogP contribution < -0.4 is 5.73 Å². The maximum absolute atomic E-state index is 5.51. The predicted octanol–water partition coefficient (Wildman–Crippen LogP) is 1.30. The van der Waals surface area contributed by atoms with Crippen LogP contribution in [0.5, 0.6) is 0 Å². The first-order chi connectivity index (χ1) is 5.86. The Morgan fingerprint density at radius 3 is 2.50 bits per heavy atom. The highest BCUT2D eigenvalue weighted by Crippen LogP contribution is 2.21. The zero-order chi connectivity index (χ0) is 8.39. The molecule has 0 aliphatic carbocycles. The average Bonchev–Trinajstić information content (AvgIpc) is 2.81. The molecule has 0 aromatic heterocycles. The van der Waals surface area contributed by atoms with Crippen LogP contribution in [-0.2, 0) is 11.2 Å². The molecule has 1 aromatic rings. The van der Waals surface area contributed by atoms with Crippen LogP contribution >= 0.6 is 0 Å². The molecule has 0 radical (unpaired) electrons. The van der Waals surface area contributed by atoms with Gasteiger partial charge in [-0.1, -0.05) is 30.3 Å². The molecule has 1 aromatic carbocycles. The van der Waals surface area contributed by atoms with E-state index in [1.165, 1.54) is 5.56 Å². The minimum absolute atomic E-state index is 0.00807. The highest BCUT2D eigenvalue weighted by Gasteiger charge is 2.33. The average molecular weight is 163 g/mol. The number of hydrogen-bond acceptors (Lipinski definition) is 2. The third kappa shape index (κ3) is 1.84. The third-order valence-corrected chi connectivity index (χ3v) is 2.18. The number of hydrogen-bond donors (Lipinski definition) is 1. The highest BCUT2D eigenvalue weighted by atomic mass is 16.6. The summed E-state index contributed by atoms with van der Waals surface area (Å²) in [6.07, 6.45) is 2.43. The van der Waals surface area contributed by atoms with E-state index in [0.717, 1.165) is 12.8 Å². The topological polar surface area (TPSA) is 38.5 Å². The van der Waals surface area contributed by atoms with Gasteiger partial charge in [-0.15, -0.1) is 0 Å². The van der Waals surface area contributed by atoms with Gasteiger partial charge in [-0.2, -0.15) is 0 Å². The summed E-state index contributed by atoms with van der Waals surface area (Å²) in [5.41, 5.74) is 6.87. The Kier molecular flexibility index (Phi) is 2.11. The molecular weight excluding hydrogens is 150 g/mol. The number of nitrogens with two attached hydrogens (primary N) is 1. The van der Waals surface area contributed by atoms with Crippen molar-refractivity contribution in [3.8, 4) is 0 Å².